The number of nitrogens with two attached hydrogens (primary N) is 1. The molecule has 0 saturated carbocycles. The van der Waals surface area contributed by atoms with Gasteiger partial charge in [0.25, 0.3) is 0 Å². The van der Waals surface area contributed by atoms with Crippen molar-refractivity contribution in [2.24, 2.45) is 0 Å². The van der Waals surface area contributed by atoms with Gasteiger partial charge in [-0.25, -0.2) is 9.97 Å². The smallest absolute Gasteiger partial charge is 0.157 e. The molecule has 2 aromatic heterocycles. The lowest BCUT2D eigenvalue weighted by Gasteiger charge is -2.04. The molecule has 0 spiro atoms. The Kier molecular flexibility index (Phi) is 3.07. The number of anilines is 1. The summed E-state index contributed by atoms with van der Waals surface area (Å²) in [5, 5.41) is 0. The lowest BCUT2D eigenvalue weighted by atomic mass is 10.2. The van der Waals surface area contributed by atoms with E-state index in [9.17, 15) is 0 Å². The Bertz CT molecular complexity index is 473. The van der Waals surface area contributed by atoms with Gasteiger partial charge in [-0.15, -0.1) is 0 Å². The van der Waals surface area contributed by atoms with Crippen LogP contribution in [0.5, 0.6) is 0 Å². The summed E-state index contributed by atoms with van der Waals surface area (Å²) in [6.45, 7) is 0.338. The molecule has 5 heteroatoms. The predicted octanol–water partition coefficient (Wildman–Crippen LogP) is 1.27. The molecule has 0 amide bonds. The Labute approximate surface area is 93.3 Å². The third-order valence-electron chi connectivity index (χ3n) is 1.99. The van der Waals surface area contributed by atoms with Crippen LogP contribution >= 0.6 is 0 Å². The second-order valence-corrected chi connectivity index (χ2v) is 3.24. The molecule has 0 radical (unpaired) electrons. The molecule has 0 aromatic carbocycles. The van der Waals surface area contributed by atoms with Crippen molar-refractivity contribution in [3.05, 3.63) is 36.3 Å². The van der Waals surface area contributed by atoms with Crippen LogP contribution in [0.25, 0.3) is 11.4 Å². The number of rotatable bonds is 3. The number of nitrogen functional groups attached to an aromatic ring is 1. The van der Waals surface area contributed by atoms with Gasteiger partial charge in [0.15, 0.2) is 5.82 Å². The molecule has 0 atom stereocenters. The maximum Gasteiger partial charge on any atom is 0.157 e. The summed E-state index contributed by atoms with van der Waals surface area (Å²) in [5.41, 5.74) is 7.17. The highest BCUT2D eigenvalue weighted by Crippen LogP contribution is 2.15. The fourth-order valence-corrected chi connectivity index (χ4v) is 1.36. The van der Waals surface area contributed by atoms with Crippen molar-refractivity contribution in [1.82, 2.24) is 15.0 Å². The van der Waals surface area contributed by atoms with Crippen molar-refractivity contribution in [1.29, 1.82) is 0 Å². The van der Waals surface area contributed by atoms with Gasteiger partial charge < -0.3 is 10.5 Å². The summed E-state index contributed by atoms with van der Waals surface area (Å²) in [6.07, 6.45) is 1.71. The average molecular weight is 216 g/mol. The first-order chi connectivity index (χ1) is 7.79. The Morgan fingerprint density at radius 2 is 2.12 bits per heavy atom. The lowest BCUT2D eigenvalue weighted by Crippen LogP contribution is -2.02. The van der Waals surface area contributed by atoms with Crippen LogP contribution in [0, 0.1) is 0 Å². The number of ether oxygens (including phenoxy) is 1. The normalized spacial score (nSPS) is 10.3. The molecule has 0 aliphatic rings. The lowest BCUT2D eigenvalue weighted by molar-refractivity contribution is 0.178. The zero-order valence-electron chi connectivity index (χ0n) is 8.92. The molecule has 2 rings (SSSR count). The number of nitrogens with zero attached hydrogens (tertiary/aromatic N) is 3. The maximum absolute atomic E-state index is 5.69. The van der Waals surface area contributed by atoms with E-state index >= 15 is 0 Å². The molecule has 2 N–H and O–H groups in total. The van der Waals surface area contributed by atoms with Crippen molar-refractivity contribution in [2.45, 2.75) is 6.61 Å². The average Bonchev–Trinajstić information content (AvgIpc) is 2.30. The van der Waals surface area contributed by atoms with Crippen LogP contribution in [-0.2, 0) is 11.3 Å². The van der Waals surface area contributed by atoms with Crippen LogP contribution < -0.4 is 5.73 Å². The Balaban J connectivity index is 2.41. The van der Waals surface area contributed by atoms with Gasteiger partial charge in [-0.2, -0.15) is 0 Å². The van der Waals surface area contributed by atoms with Gasteiger partial charge in [-0.1, -0.05) is 6.07 Å². The molecule has 5 nitrogen and oxygen atoms in total. The molecule has 0 aliphatic carbocycles. The van der Waals surface area contributed by atoms with E-state index in [1.54, 1.807) is 19.4 Å². The van der Waals surface area contributed by atoms with Gasteiger partial charge in [-0.3, -0.25) is 4.98 Å². The van der Waals surface area contributed by atoms with Gasteiger partial charge in [0.2, 0.25) is 0 Å². The Morgan fingerprint density at radius 3 is 2.81 bits per heavy atom. The van der Waals surface area contributed by atoms with Crippen molar-refractivity contribution < 1.29 is 4.74 Å². The van der Waals surface area contributed by atoms with E-state index in [4.69, 9.17) is 10.5 Å². The van der Waals surface area contributed by atoms with Crippen LogP contribution in [0.4, 0.5) is 5.82 Å². The van der Waals surface area contributed by atoms with Crippen molar-refractivity contribution in [3.8, 4) is 11.4 Å². The zero-order valence-corrected chi connectivity index (χ0v) is 8.92. The quantitative estimate of drug-likeness (QED) is 0.836. The van der Waals surface area contributed by atoms with Gasteiger partial charge in [0, 0.05) is 19.4 Å². The third-order valence-corrected chi connectivity index (χ3v) is 1.99. The summed E-state index contributed by atoms with van der Waals surface area (Å²) in [4.78, 5) is 12.6. The molecule has 0 saturated heterocycles. The highest BCUT2D eigenvalue weighted by molar-refractivity contribution is 5.57. The molecule has 2 heterocycles. The molecule has 82 valence electrons. The minimum atomic E-state index is 0.338. The molecular weight excluding hydrogens is 204 g/mol. The van der Waals surface area contributed by atoms with Crippen molar-refractivity contribution >= 4 is 5.82 Å². The first kappa shape index (κ1) is 10.5. The predicted molar refractivity (Wildman–Crippen MR) is 60.4 cm³/mol. The standard InChI is InChI=1S/C11H12N4O/c1-16-7-11-14-9(6-10(12)15-11)8-4-2-3-5-13-8/h2-6H,7H2,1H3,(H2,12,14,15). The van der Waals surface area contributed by atoms with Gasteiger partial charge >= 0.3 is 0 Å². The first-order valence-electron chi connectivity index (χ1n) is 4.83. The molecule has 0 unspecified atom stereocenters. The van der Waals surface area contributed by atoms with E-state index in [1.807, 2.05) is 18.2 Å². The minimum Gasteiger partial charge on any atom is -0.384 e. The Hall–Kier alpha value is -2.01. The molecule has 2 aromatic rings. The largest absolute Gasteiger partial charge is 0.384 e. The van der Waals surface area contributed by atoms with Crippen LogP contribution in [0.15, 0.2) is 30.5 Å². The number of pyridine rings is 1. The SMILES string of the molecule is COCc1nc(N)cc(-c2ccccn2)n1. The summed E-state index contributed by atoms with van der Waals surface area (Å²) < 4.78 is 4.97. The van der Waals surface area contributed by atoms with E-state index < -0.39 is 0 Å². The van der Waals surface area contributed by atoms with E-state index in [0.717, 1.165) is 5.69 Å². The van der Waals surface area contributed by atoms with E-state index in [-0.39, 0.29) is 0 Å². The fourth-order valence-electron chi connectivity index (χ4n) is 1.36. The van der Waals surface area contributed by atoms with Gasteiger partial charge in [-0.05, 0) is 12.1 Å². The van der Waals surface area contributed by atoms with E-state index in [0.29, 0.717) is 23.9 Å². The monoisotopic (exact) mass is 216 g/mol. The fraction of sp³-hybridized carbons (Fsp3) is 0.182. The Morgan fingerprint density at radius 1 is 1.25 bits per heavy atom. The zero-order chi connectivity index (χ0) is 11.4. The molecule has 0 fully saturated rings. The first-order valence-corrected chi connectivity index (χ1v) is 4.83. The summed E-state index contributed by atoms with van der Waals surface area (Å²) in [6, 6.07) is 7.32. The summed E-state index contributed by atoms with van der Waals surface area (Å²) >= 11 is 0. The van der Waals surface area contributed by atoms with Gasteiger partial charge in [0.05, 0.1) is 11.4 Å². The third kappa shape index (κ3) is 2.32. The number of methoxy groups -OCH3 is 1. The van der Waals surface area contributed by atoms with Crippen LogP contribution in [0.2, 0.25) is 0 Å². The number of hydrogen-bond acceptors (Lipinski definition) is 5. The summed E-state index contributed by atoms with van der Waals surface area (Å²) in [5.74, 6) is 0.978. The number of hydrogen-bond donors (Lipinski definition) is 1. The van der Waals surface area contributed by atoms with Crippen LogP contribution in [0.1, 0.15) is 5.82 Å². The molecule has 0 aliphatic heterocycles. The molecule has 0 bridgehead atoms. The van der Waals surface area contributed by atoms with E-state index in [1.165, 1.54) is 0 Å². The van der Waals surface area contributed by atoms with E-state index in [2.05, 4.69) is 15.0 Å². The summed E-state index contributed by atoms with van der Waals surface area (Å²) in [7, 11) is 1.59. The molecule has 16 heavy (non-hydrogen) atoms. The minimum absolute atomic E-state index is 0.338. The topological polar surface area (TPSA) is 73.9 Å². The highest BCUT2D eigenvalue weighted by atomic mass is 16.5. The van der Waals surface area contributed by atoms with Crippen molar-refractivity contribution in [2.75, 3.05) is 12.8 Å². The van der Waals surface area contributed by atoms with Crippen LogP contribution in [0.3, 0.4) is 0 Å². The molecular formula is C11H12N4O. The maximum atomic E-state index is 5.69. The second-order valence-electron chi connectivity index (χ2n) is 3.24. The highest BCUT2D eigenvalue weighted by Gasteiger charge is 2.05. The van der Waals surface area contributed by atoms with Gasteiger partial charge in [0.1, 0.15) is 12.4 Å². The number of aromatic nitrogens is 3. The van der Waals surface area contributed by atoms with Crippen molar-refractivity contribution in [3.63, 3.8) is 0 Å². The van der Waals surface area contributed by atoms with Crippen LogP contribution in [-0.4, -0.2) is 22.1 Å². The second kappa shape index (κ2) is 4.67.